The summed E-state index contributed by atoms with van der Waals surface area (Å²) in [5, 5.41) is 3.98. The molecule has 3 aliphatic rings. The van der Waals surface area contributed by atoms with Crippen molar-refractivity contribution in [3.63, 3.8) is 0 Å². The van der Waals surface area contributed by atoms with Gasteiger partial charge in [-0.1, -0.05) is 26.7 Å². The summed E-state index contributed by atoms with van der Waals surface area (Å²) in [5.74, 6) is 1.80. The van der Waals surface area contributed by atoms with Gasteiger partial charge < -0.3 is 5.32 Å². The molecule has 2 saturated carbocycles. The zero-order chi connectivity index (χ0) is 13.5. The predicted molar refractivity (Wildman–Crippen MR) is 81.4 cm³/mol. The molecule has 2 aliphatic carbocycles. The first-order valence-corrected chi connectivity index (χ1v) is 8.54. The highest BCUT2D eigenvalue weighted by Gasteiger charge is 2.52. The molecule has 1 aliphatic heterocycles. The van der Waals surface area contributed by atoms with E-state index in [9.17, 15) is 0 Å². The van der Waals surface area contributed by atoms with Crippen LogP contribution in [0.4, 0.5) is 0 Å². The number of piperazine rings is 1. The maximum Gasteiger partial charge on any atom is 0.0334 e. The van der Waals surface area contributed by atoms with Crippen molar-refractivity contribution in [2.75, 3.05) is 19.6 Å². The Kier molecular flexibility index (Phi) is 3.68. The van der Waals surface area contributed by atoms with Crippen LogP contribution in [0.5, 0.6) is 0 Å². The molecular formula is C17H32N2. The first-order valence-electron chi connectivity index (χ1n) is 8.54. The minimum absolute atomic E-state index is 0.447. The van der Waals surface area contributed by atoms with Crippen molar-refractivity contribution < 1.29 is 0 Å². The molecule has 0 amide bonds. The van der Waals surface area contributed by atoms with E-state index < -0.39 is 0 Å². The summed E-state index contributed by atoms with van der Waals surface area (Å²) in [6.45, 7) is 11.1. The Morgan fingerprint density at radius 1 is 1.21 bits per heavy atom. The van der Waals surface area contributed by atoms with E-state index in [-0.39, 0.29) is 0 Å². The van der Waals surface area contributed by atoms with E-state index in [1.165, 1.54) is 64.6 Å². The smallest absolute Gasteiger partial charge is 0.0334 e. The molecule has 0 aromatic rings. The maximum absolute atomic E-state index is 3.98. The summed E-state index contributed by atoms with van der Waals surface area (Å²) in [5.41, 5.74) is 0.925. The van der Waals surface area contributed by atoms with Crippen LogP contribution in [-0.4, -0.2) is 35.6 Å². The third-order valence-electron chi connectivity index (χ3n) is 6.03. The van der Waals surface area contributed by atoms with E-state index in [0.717, 1.165) is 11.8 Å². The highest BCUT2D eigenvalue weighted by atomic mass is 15.3. The molecule has 2 heteroatoms. The van der Waals surface area contributed by atoms with Crippen LogP contribution in [0.1, 0.15) is 65.7 Å². The average molecular weight is 264 g/mol. The second kappa shape index (κ2) is 5.04. The van der Waals surface area contributed by atoms with Crippen LogP contribution in [0, 0.1) is 11.8 Å². The van der Waals surface area contributed by atoms with Gasteiger partial charge in [-0.25, -0.2) is 0 Å². The van der Waals surface area contributed by atoms with Crippen molar-refractivity contribution >= 4 is 0 Å². The van der Waals surface area contributed by atoms with E-state index in [1.54, 1.807) is 0 Å². The zero-order valence-electron chi connectivity index (χ0n) is 13.2. The Balaban J connectivity index is 1.71. The summed E-state index contributed by atoms with van der Waals surface area (Å²) in [4.78, 5) is 2.88. The Hall–Kier alpha value is -0.0800. The number of rotatable bonds is 4. The highest BCUT2D eigenvalue weighted by molar-refractivity contribution is 5.10. The number of hydrogen-bond acceptors (Lipinski definition) is 2. The summed E-state index contributed by atoms with van der Waals surface area (Å²) in [7, 11) is 0. The van der Waals surface area contributed by atoms with Crippen molar-refractivity contribution in [1.82, 2.24) is 10.2 Å². The van der Waals surface area contributed by atoms with Crippen LogP contribution in [0.2, 0.25) is 0 Å². The van der Waals surface area contributed by atoms with Crippen molar-refractivity contribution in [2.24, 2.45) is 11.8 Å². The van der Waals surface area contributed by atoms with Crippen molar-refractivity contribution in [3.05, 3.63) is 0 Å². The molecule has 1 heterocycles. The van der Waals surface area contributed by atoms with Crippen LogP contribution in [0.15, 0.2) is 0 Å². The van der Waals surface area contributed by atoms with Crippen LogP contribution >= 0.6 is 0 Å². The molecule has 0 bridgehead atoms. The minimum atomic E-state index is 0.447. The highest BCUT2D eigenvalue weighted by Crippen LogP contribution is 2.46. The number of nitrogens with one attached hydrogen (secondary N) is 1. The standard InChI is InChI=1S/C17H32N2/c1-14(2)8-11-19-13-17(9-4-5-10-17)18-12-16(19,3)15-6-7-15/h14-15,18H,4-13H2,1-3H3. The fraction of sp³-hybridized carbons (Fsp3) is 1.00. The molecule has 110 valence electrons. The van der Waals surface area contributed by atoms with Crippen molar-refractivity contribution in [2.45, 2.75) is 76.8 Å². The third-order valence-corrected chi connectivity index (χ3v) is 6.03. The van der Waals surface area contributed by atoms with Gasteiger partial charge in [-0.3, -0.25) is 4.90 Å². The molecule has 3 rings (SSSR count). The van der Waals surface area contributed by atoms with Crippen LogP contribution in [0.25, 0.3) is 0 Å². The van der Waals surface area contributed by atoms with Gasteiger partial charge in [-0.05, 0) is 57.4 Å². The van der Waals surface area contributed by atoms with Gasteiger partial charge in [0.05, 0.1) is 0 Å². The van der Waals surface area contributed by atoms with E-state index >= 15 is 0 Å². The third kappa shape index (κ3) is 2.71. The van der Waals surface area contributed by atoms with Gasteiger partial charge >= 0.3 is 0 Å². The van der Waals surface area contributed by atoms with Crippen molar-refractivity contribution in [3.8, 4) is 0 Å². The zero-order valence-corrected chi connectivity index (χ0v) is 13.2. The lowest BCUT2D eigenvalue weighted by molar-refractivity contribution is -0.000158. The van der Waals surface area contributed by atoms with Gasteiger partial charge in [0.2, 0.25) is 0 Å². The fourth-order valence-corrected chi connectivity index (χ4v) is 4.32. The Labute approximate surface area is 119 Å². The lowest BCUT2D eigenvalue weighted by Gasteiger charge is -2.53. The number of hydrogen-bond donors (Lipinski definition) is 1. The molecule has 1 spiro atoms. The molecule has 19 heavy (non-hydrogen) atoms. The number of nitrogens with zero attached hydrogens (tertiary/aromatic N) is 1. The lowest BCUT2D eigenvalue weighted by atomic mass is 9.83. The van der Waals surface area contributed by atoms with E-state index in [2.05, 4.69) is 31.0 Å². The topological polar surface area (TPSA) is 15.3 Å². The maximum atomic E-state index is 3.98. The van der Waals surface area contributed by atoms with Gasteiger partial charge in [0.25, 0.3) is 0 Å². The Bertz CT molecular complexity index is 315. The van der Waals surface area contributed by atoms with E-state index in [0.29, 0.717) is 11.1 Å². The Morgan fingerprint density at radius 2 is 1.89 bits per heavy atom. The largest absolute Gasteiger partial charge is 0.308 e. The van der Waals surface area contributed by atoms with Crippen LogP contribution in [0.3, 0.4) is 0 Å². The van der Waals surface area contributed by atoms with E-state index in [4.69, 9.17) is 0 Å². The molecular weight excluding hydrogens is 232 g/mol. The molecule has 0 aromatic carbocycles. The quantitative estimate of drug-likeness (QED) is 0.837. The molecule has 1 atom stereocenters. The Morgan fingerprint density at radius 3 is 2.47 bits per heavy atom. The summed E-state index contributed by atoms with van der Waals surface area (Å²) in [6, 6.07) is 0. The SMILES string of the molecule is CC(C)CCN1CC2(CCCC2)NCC1(C)C1CC1. The van der Waals surface area contributed by atoms with Crippen molar-refractivity contribution in [1.29, 1.82) is 0 Å². The van der Waals surface area contributed by atoms with Gasteiger partial charge in [-0.15, -0.1) is 0 Å². The molecule has 0 aromatic heterocycles. The molecule has 1 saturated heterocycles. The summed E-state index contributed by atoms with van der Waals surface area (Å²) in [6.07, 6.45) is 9.97. The molecule has 0 radical (unpaired) electrons. The predicted octanol–water partition coefficient (Wildman–Crippen LogP) is 3.42. The first-order chi connectivity index (χ1) is 9.04. The minimum Gasteiger partial charge on any atom is -0.308 e. The molecule has 2 nitrogen and oxygen atoms in total. The second-order valence-corrected chi connectivity index (χ2v) is 8.08. The van der Waals surface area contributed by atoms with Gasteiger partial charge in [0.15, 0.2) is 0 Å². The molecule has 1 N–H and O–H groups in total. The first kappa shape index (κ1) is 13.9. The second-order valence-electron chi connectivity index (χ2n) is 8.08. The van der Waals surface area contributed by atoms with Gasteiger partial charge in [0, 0.05) is 24.2 Å². The van der Waals surface area contributed by atoms with Gasteiger partial charge in [0.1, 0.15) is 0 Å². The molecule has 3 fully saturated rings. The fourth-order valence-electron chi connectivity index (χ4n) is 4.32. The summed E-state index contributed by atoms with van der Waals surface area (Å²) < 4.78 is 0. The van der Waals surface area contributed by atoms with Crippen LogP contribution in [-0.2, 0) is 0 Å². The lowest BCUT2D eigenvalue weighted by Crippen LogP contribution is -2.69. The normalized spacial score (nSPS) is 35.4. The van der Waals surface area contributed by atoms with Gasteiger partial charge in [-0.2, -0.15) is 0 Å². The molecule has 1 unspecified atom stereocenters. The average Bonchev–Trinajstić information content (AvgIpc) is 3.14. The monoisotopic (exact) mass is 264 g/mol. The summed E-state index contributed by atoms with van der Waals surface area (Å²) >= 11 is 0. The van der Waals surface area contributed by atoms with Crippen LogP contribution < -0.4 is 5.32 Å². The van der Waals surface area contributed by atoms with E-state index in [1.807, 2.05) is 0 Å².